The van der Waals surface area contributed by atoms with Gasteiger partial charge in [-0.05, 0) is 0 Å². The monoisotopic (exact) mass is 348 g/mol. The number of hydrogen-bond acceptors (Lipinski definition) is 7. The van der Waals surface area contributed by atoms with E-state index in [0.717, 1.165) is 12.3 Å². The molecule has 0 fully saturated rings. The standard InChI is InChI=1S/C16H16N2O7/c1-4-9-10(5-2)16(22)18(15(9)21)25-14(8-24-3)11-6-12(19)13(20)7-17(11)23/h4-7,14,20,23H,1-2,8H2,3H3. The number of aromatic nitrogens is 1. The number of hydroxylamine groups is 2. The fourth-order valence-electron chi connectivity index (χ4n) is 2.25. The Labute approximate surface area is 142 Å². The summed E-state index contributed by atoms with van der Waals surface area (Å²) in [5.41, 5.74) is -0.871. The van der Waals surface area contributed by atoms with Gasteiger partial charge in [0, 0.05) is 13.2 Å². The summed E-state index contributed by atoms with van der Waals surface area (Å²) in [4.78, 5) is 41.6. The summed E-state index contributed by atoms with van der Waals surface area (Å²) in [7, 11) is 1.33. The Morgan fingerprint density at radius 2 is 1.76 bits per heavy atom. The molecule has 0 spiro atoms. The molecule has 25 heavy (non-hydrogen) atoms. The van der Waals surface area contributed by atoms with E-state index in [2.05, 4.69) is 13.2 Å². The average molecular weight is 348 g/mol. The lowest BCUT2D eigenvalue weighted by molar-refractivity contribution is -0.210. The predicted molar refractivity (Wildman–Crippen MR) is 84.5 cm³/mol. The Bertz CT molecular complexity index is 807. The van der Waals surface area contributed by atoms with Gasteiger partial charge in [0.1, 0.15) is 0 Å². The highest BCUT2D eigenvalue weighted by Gasteiger charge is 2.39. The molecule has 0 bridgehead atoms. The van der Waals surface area contributed by atoms with Gasteiger partial charge in [-0.15, -0.1) is 5.06 Å². The molecule has 0 aliphatic carbocycles. The Balaban J connectivity index is 2.39. The van der Waals surface area contributed by atoms with Crippen molar-refractivity contribution in [2.45, 2.75) is 6.10 Å². The van der Waals surface area contributed by atoms with Gasteiger partial charge >= 0.3 is 0 Å². The summed E-state index contributed by atoms with van der Waals surface area (Å²) in [5.74, 6) is -2.21. The van der Waals surface area contributed by atoms with E-state index in [1.54, 1.807) is 0 Å². The van der Waals surface area contributed by atoms with Crippen LogP contribution >= 0.6 is 0 Å². The molecule has 1 aromatic heterocycles. The summed E-state index contributed by atoms with van der Waals surface area (Å²) in [6.45, 7) is 6.74. The van der Waals surface area contributed by atoms with Gasteiger partial charge in [-0.3, -0.25) is 19.2 Å². The fraction of sp³-hybridized carbons (Fsp3) is 0.188. The van der Waals surface area contributed by atoms with Gasteiger partial charge in [0.05, 0.1) is 29.6 Å². The SMILES string of the molecule is C=CC1=C(C=C)C(=O)N(OC(COC)c2cc(=O)c(O)cn2O)C1=O. The van der Waals surface area contributed by atoms with Crippen LogP contribution in [0.2, 0.25) is 0 Å². The number of aromatic hydroxyl groups is 1. The first-order valence-corrected chi connectivity index (χ1v) is 7.04. The normalized spacial score (nSPS) is 15.6. The van der Waals surface area contributed by atoms with E-state index in [9.17, 15) is 24.7 Å². The molecule has 2 amide bonds. The second-order valence-corrected chi connectivity index (χ2v) is 4.98. The maximum absolute atomic E-state index is 12.3. The van der Waals surface area contributed by atoms with Crippen molar-refractivity contribution in [3.63, 3.8) is 0 Å². The lowest BCUT2D eigenvalue weighted by Crippen LogP contribution is -2.35. The molecular weight excluding hydrogens is 332 g/mol. The van der Waals surface area contributed by atoms with Crippen molar-refractivity contribution in [1.29, 1.82) is 0 Å². The second kappa shape index (κ2) is 7.16. The maximum atomic E-state index is 12.3. The number of rotatable bonds is 7. The Morgan fingerprint density at radius 1 is 1.20 bits per heavy atom. The number of carbonyl (C=O) groups excluding carboxylic acids is 2. The van der Waals surface area contributed by atoms with Crippen molar-refractivity contribution in [3.05, 3.63) is 64.6 Å². The van der Waals surface area contributed by atoms with E-state index >= 15 is 0 Å². The molecule has 1 aromatic rings. The Kier molecular flexibility index (Phi) is 5.20. The summed E-state index contributed by atoms with van der Waals surface area (Å²) in [6.07, 6.45) is 1.98. The summed E-state index contributed by atoms with van der Waals surface area (Å²) >= 11 is 0. The largest absolute Gasteiger partial charge is 0.503 e. The van der Waals surface area contributed by atoms with Crippen LogP contribution in [0.3, 0.4) is 0 Å². The number of hydrogen-bond donors (Lipinski definition) is 2. The van der Waals surface area contributed by atoms with Crippen molar-refractivity contribution in [3.8, 4) is 5.75 Å². The van der Waals surface area contributed by atoms with Crippen molar-refractivity contribution < 1.29 is 29.5 Å². The van der Waals surface area contributed by atoms with Crippen LogP contribution in [0, 0.1) is 0 Å². The molecule has 2 heterocycles. The van der Waals surface area contributed by atoms with Gasteiger partial charge in [-0.2, -0.15) is 4.73 Å². The number of methoxy groups -OCH3 is 1. The van der Waals surface area contributed by atoms with Gasteiger partial charge < -0.3 is 15.1 Å². The first-order chi connectivity index (χ1) is 11.8. The molecule has 9 nitrogen and oxygen atoms in total. The van der Waals surface area contributed by atoms with Gasteiger partial charge in [0.2, 0.25) is 5.43 Å². The highest BCUT2D eigenvalue weighted by Crippen LogP contribution is 2.27. The lowest BCUT2D eigenvalue weighted by atomic mass is 10.1. The highest BCUT2D eigenvalue weighted by molar-refractivity contribution is 6.21. The number of imide groups is 1. The molecular formula is C16H16N2O7. The van der Waals surface area contributed by atoms with Crippen LogP contribution in [-0.4, -0.2) is 45.6 Å². The molecule has 0 radical (unpaired) electrons. The number of nitrogens with zero attached hydrogens (tertiary/aromatic N) is 2. The number of pyridine rings is 1. The minimum Gasteiger partial charge on any atom is -0.503 e. The number of carbonyl (C=O) groups is 2. The lowest BCUT2D eigenvalue weighted by Gasteiger charge is -2.23. The van der Waals surface area contributed by atoms with E-state index < -0.39 is 29.1 Å². The van der Waals surface area contributed by atoms with Crippen LogP contribution in [-0.2, 0) is 19.2 Å². The van der Waals surface area contributed by atoms with Crippen molar-refractivity contribution in [2.75, 3.05) is 13.7 Å². The zero-order valence-electron chi connectivity index (χ0n) is 13.3. The summed E-state index contributed by atoms with van der Waals surface area (Å²) < 4.78 is 5.40. The molecule has 1 unspecified atom stereocenters. The molecule has 1 atom stereocenters. The number of ether oxygens (including phenoxy) is 1. The molecule has 2 N–H and O–H groups in total. The zero-order chi connectivity index (χ0) is 18.7. The predicted octanol–water partition coefficient (Wildman–Crippen LogP) is 0.448. The highest BCUT2D eigenvalue weighted by atomic mass is 16.7. The molecule has 132 valence electrons. The minimum absolute atomic E-state index is 0.0169. The van der Waals surface area contributed by atoms with Crippen LogP contribution in [0.25, 0.3) is 0 Å². The summed E-state index contributed by atoms with van der Waals surface area (Å²) in [5, 5.41) is 19.7. The molecule has 0 aromatic carbocycles. The molecule has 0 saturated carbocycles. The Hall–Kier alpha value is -3.17. The maximum Gasteiger partial charge on any atom is 0.285 e. The summed E-state index contributed by atoms with van der Waals surface area (Å²) in [6, 6.07) is 0.903. The third kappa shape index (κ3) is 3.23. The third-order valence-electron chi connectivity index (χ3n) is 3.45. The second-order valence-electron chi connectivity index (χ2n) is 4.98. The van der Waals surface area contributed by atoms with E-state index in [1.807, 2.05) is 0 Å². The Morgan fingerprint density at radius 3 is 2.24 bits per heavy atom. The fourth-order valence-corrected chi connectivity index (χ4v) is 2.25. The van der Waals surface area contributed by atoms with Crippen LogP contribution in [0.1, 0.15) is 11.8 Å². The van der Waals surface area contributed by atoms with E-state index in [-0.39, 0.29) is 23.4 Å². The topological polar surface area (TPSA) is 118 Å². The van der Waals surface area contributed by atoms with Gasteiger partial charge in [0.15, 0.2) is 11.9 Å². The van der Waals surface area contributed by atoms with Gasteiger partial charge in [-0.25, -0.2) is 0 Å². The van der Waals surface area contributed by atoms with Crippen LogP contribution in [0.5, 0.6) is 5.75 Å². The van der Waals surface area contributed by atoms with Crippen molar-refractivity contribution in [2.24, 2.45) is 0 Å². The van der Waals surface area contributed by atoms with Crippen LogP contribution in [0.4, 0.5) is 0 Å². The molecule has 0 saturated heterocycles. The van der Waals surface area contributed by atoms with Crippen LogP contribution < -0.4 is 5.43 Å². The van der Waals surface area contributed by atoms with Gasteiger partial charge in [0.25, 0.3) is 11.8 Å². The van der Waals surface area contributed by atoms with Gasteiger partial charge in [-0.1, -0.05) is 25.3 Å². The smallest absolute Gasteiger partial charge is 0.285 e. The van der Waals surface area contributed by atoms with Crippen molar-refractivity contribution >= 4 is 11.8 Å². The van der Waals surface area contributed by atoms with Crippen molar-refractivity contribution in [1.82, 2.24) is 9.79 Å². The average Bonchev–Trinajstić information content (AvgIpc) is 2.80. The molecule has 9 heteroatoms. The zero-order valence-corrected chi connectivity index (χ0v) is 13.3. The van der Waals surface area contributed by atoms with E-state index in [0.29, 0.717) is 9.79 Å². The first kappa shape index (κ1) is 18.2. The van der Waals surface area contributed by atoms with E-state index in [1.165, 1.54) is 19.3 Å². The quantitative estimate of drug-likeness (QED) is 0.542. The first-order valence-electron chi connectivity index (χ1n) is 7.04. The molecule has 2 rings (SSSR count). The molecule has 1 aliphatic heterocycles. The third-order valence-corrected chi connectivity index (χ3v) is 3.45. The van der Waals surface area contributed by atoms with E-state index in [4.69, 9.17) is 9.57 Å². The molecule has 1 aliphatic rings. The van der Waals surface area contributed by atoms with Crippen LogP contribution in [0.15, 0.2) is 53.5 Å². The minimum atomic E-state index is -1.19. The number of amides is 2.